The van der Waals surface area contributed by atoms with Gasteiger partial charge in [0.1, 0.15) is 24.4 Å². The first-order valence-electron chi connectivity index (χ1n) is 8.73. The van der Waals surface area contributed by atoms with Crippen molar-refractivity contribution >= 4 is 23.5 Å². The smallest absolute Gasteiger partial charge is 0.313 e. The second-order valence-corrected chi connectivity index (χ2v) is 6.83. The van der Waals surface area contributed by atoms with E-state index in [1.807, 2.05) is 0 Å². The molecule has 7 heteroatoms. The molecule has 27 heavy (non-hydrogen) atoms. The molecule has 2 atom stereocenters. The molecule has 0 saturated heterocycles. The lowest BCUT2D eigenvalue weighted by atomic mass is 9.97. The molecule has 0 saturated carbocycles. The van der Waals surface area contributed by atoms with E-state index >= 15 is 0 Å². The van der Waals surface area contributed by atoms with E-state index in [0.717, 1.165) is 0 Å². The maximum atomic E-state index is 11.5. The molecule has 0 rings (SSSR count). The SMILES string of the molecule is C=CC(C)(CCOC(=O)CC(C)=O)OC(C)(C=C)CCOC(=O)CC(C)=O. The Labute approximate surface area is 160 Å². The zero-order chi connectivity index (χ0) is 21.1. The maximum absolute atomic E-state index is 11.5. The summed E-state index contributed by atoms with van der Waals surface area (Å²) < 4.78 is 16.2. The summed E-state index contributed by atoms with van der Waals surface area (Å²) in [6.07, 6.45) is 3.31. The molecular weight excluding hydrogens is 352 g/mol. The van der Waals surface area contributed by atoms with Gasteiger partial charge in [-0.05, 0) is 27.7 Å². The van der Waals surface area contributed by atoms with Crippen LogP contribution in [0.3, 0.4) is 0 Å². The van der Waals surface area contributed by atoms with Crippen LogP contribution in [-0.4, -0.2) is 47.9 Å². The zero-order valence-electron chi connectivity index (χ0n) is 16.7. The van der Waals surface area contributed by atoms with Crippen LogP contribution in [0.4, 0.5) is 0 Å². The monoisotopic (exact) mass is 382 g/mol. The number of ketones is 2. The predicted octanol–water partition coefficient (Wildman–Crippen LogP) is 2.72. The Kier molecular flexibility index (Phi) is 10.5. The van der Waals surface area contributed by atoms with Crippen LogP contribution in [0.1, 0.15) is 53.4 Å². The number of carbonyl (C=O) groups excluding carboxylic acids is 4. The molecule has 0 spiro atoms. The zero-order valence-corrected chi connectivity index (χ0v) is 16.7. The second-order valence-electron chi connectivity index (χ2n) is 6.83. The quantitative estimate of drug-likeness (QED) is 0.259. The minimum Gasteiger partial charge on any atom is -0.465 e. The second kappa shape index (κ2) is 11.4. The molecule has 7 nitrogen and oxygen atoms in total. The third-order valence-electron chi connectivity index (χ3n) is 3.84. The summed E-state index contributed by atoms with van der Waals surface area (Å²) in [5, 5.41) is 0. The topological polar surface area (TPSA) is 96.0 Å². The molecule has 0 heterocycles. The number of hydrogen-bond donors (Lipinski definition) is 0. The molecule has 0 fully saturated rings. The van der Waals surface area contributed by atoms with Crippen molar-refractivity contribution in [3.05, 3.63) is 25.3 Å². The van der Waals surface area contributed by atoms with Crippen molar-refractivity contribution in [2.24, 2.45) is 0 Å². The Morgan fingerprint density at radius 1 is 0.778 bits per heavy atom. The number of rotatable bonds is 14. The van der Waals surface area contributed by atoms with E-state index in [-0.39, 0.29) is 37.6 Å². The number of carbonyl (C=O) groups is 4. The van der Waals surface area contributed by atoms with Crippen LogP contribution >= 0.6 is 0 Å². The molecule has 2 unspecified atom stereocenters. The third-order valence-corrected chi connectivity index (χ3v) is 3.84. The highest BCUT2D eigenvalue weighted by atomic mass is 16.6. The lowest BCUT2D eigenvalue weighted by Gasteiger charge is -2.37. The molecule has 0 aliphatic carbocycles. The fourth-order valence-corrected chi connectivity index (χ4v) is 2.17. The van der Waals surface area contributed by atoms with Gasteiger partial charge in [-0.3, -0.25) is 19.2 Å². The van der Waals surface area contributed by atoms with Crippen LogP contribution in [-0.2, 0) is 33.4 Å². The van der Waals surface area contributed by atoms with Crippen LogP contribution in [0.2, 0.25) is 0 Å². The average Bonchev–Trinajstić information content (AvgIpc) is 2.53. The summed E-state index contributed by atoms with van der Waals surface area (Å²) in [5.74, 6) is -1.70. The lowest BCUT2D eigenvalue weighted by Crippen LogP contribution is -2.40. The Morgan fingerprint density at radius 2 is 1.11 bits per heavy atom. The molecule has 0 aromatic rings. The van der Waals surface area contributed by atoms with Gasteiger partial charge in [-0.15, -0.1) is 13.2 Å². The molecule has 0 aliphatic heterocycles. The van der Waals surface area contributed by atoms with Gasteiger partial charge in [-0.2, -0.15) is 0 Å². The molecule has 152 valence electrons. The first-order valence-corrected chi connectivity index (χ1v) is 8.73. The third kappa shape index (κ3) is 11.1. The minimum absolute atomic E-state index is 0.0649. The van der Waals surface area contributed by atoms with E-state index in [2.05, 4.69) is 13.2 Å². The van der Waals surface area contributed by atoms with Crippen molar-refractivity contribution in [2.45, 2.75) is 64.6 Å². The van der Waals surface area contributed by atoms with Gasteiger partial charge in [0.05, 0.1) is 24.4 Å². The van der Waals surface area contributed by atoms with Crippen molar-refractivity contribution in [1.82, 2.24) is 0 Å². The van der Waals surface area contributed by atoms with Gasteiger partial charge in [0.2, 0.25) is 0 Å². The number of Topliss-reactive ketones (excluding diaryl/α,β-unsaturated/α-hetero) is 2. The maximum Gasteiger partial charge on any atom is 0.313 e. The Hall–Kier alpha value is -2.28. The van der Waals surface area contributed by atoms with Crippen molar-refractivity contribution in [3.8, 4) is 0 Å². The summed E-state index contributed by atoms with van der Waals surface area (Å²) in [6.45, 7) is 13.8. The van der Waals surface area contributed by atoms with Gasteiger partial charge in [-0.25, -0.2) is 0 Å². The molecule has 0 amide bonds. The Morgan fingerprint density at radius 3 is 1.37 bits per heavy atom. The van der Waals surface area contributed by atoms with E-state index in [4.69, 9.17) is 14.2 Å². The Bertz CT molecular complexity index is 531. The van der Waals surface area contributed by atoms with Crippen molar-refractivity contribution < 1.29 is 33.4 Å². The lowest BCUT2D eigenvalue weighted by molar-refractivity contribution is -0.150. The normalized spacial score (nSPS) is 15.0. The van der Waals surface area contributed by atoms with Crippen molar-refractivity contribution in [2.75, 3.05) is 13.2 Å². The van der Waals surface area contributed by atoms with Crippen molar-refractivity contribution in [3.63, 3.8) is 0 Å². The highest BCUT2D eigenvalue weighted by Crippen LogP contribution is 2.28. The summed E-state index contributed by atoms with van der Waals surface area (Å²) in [6, 6.07) is 0. The molecule has 0 aromatic heterocycles. The van der Waals surface area contributed by atoms with Gasteiger partial charge in [-0.1, -0.05) is 12.2 Å². The van der Waals surface area contributed by atoms with E-state index in [0.29, 0.717) is 12.8 Å². The number of ether oxygens (including phenoxy) is 3. The summed E-state index contributed by atoms with van der Waals surface area (Å²) in [7, 11) is 0. The summed E-state index contributed by atoms with van der Waals surface area (Å²) in [4.78, 5) is 44.7. The number of hydrogen-bond acceptors (Lipinski definition) is 7. The minimum atomic E-state index is -0.831. The van der Waals surface area contributed by atoms with Crippen LogP contribution in [0, 0.1) is 0 Å². The van der Waals surface area contributed by atoms with Gasteiger partial charge in [0, 0.05) is 12.8 Å². The van der Waals surface area contributed by atoms with Crippen LogP contribution < -0.4 is 0 Å². The molecule has 0 N–H and O–H groups in total. The molecule has 0 aromatic carbocycles. The molecular formula is C20H30O7. The van der Waals surface area contributed by atoms with E-state index in [9.17, 15) is 19.2 Å². The molecule has 0 aliphatic rings. The summed E-state index contributed by atoms with van der Waals surface area (Å²) >= 11 is 0. The molecule has 0 bridgehead atoms. The van der Waals surface area contributed by atoms with Gasteiger partial charge >= 0.3 is 11.9 Å². The van der Waals surface area contributed by atoms with Gasteiger partial charge in [0.25, 0.3) is 0 Å². The van der Waals surface area contributed by atoms with E-state index in [1.54, 1.807) is 26.0 Å². The summed E-state index contributed by atoms with van der Waals surface area (Å²) in [5.41, 5.74) is -1.66. The average molecular weight is 382 g/mol. The standard InChI is InChI=1S/C20H30O7/c1-7-19(5,9-11-25-17(23)13-15(3)21)27-20(6,8-2)10-12-26-18(24)14-16(4)22/h7-8H,1-2,9-14H2,3-6H3. The van der Waals surface area contributed by atoms with Crippen LogP contribution in [0.5, 0.6) is 0 Å². The highest BCUT2D eigenvalue weighted by molar-refractivity contribution is 5.94. The van der Waals surface area contributed by atoms with Gasteiger partial charge in [0.15, 0.2) is 0 Å². The van der Waals surface area contributed by atoms with E-state index < -0.39 is 23.1 Å². The van der Waals surface area contributed by atoms with Crippen LogP contribution in [0.15, 0.2) is 25.3 Å². The largest absolute Gasteiger partial charge is 0.465 e. The Balaban J connectivity index is 4.65. The highest BCUT2D eigenvalue weighted by Gasteiger charge is 2.32. The van der Waals surface area contributed by atoms with E-state index in [1.165, 1.54) is 13.8 Å². The van der Waals surface area contributed by atoms with Crippen LogP contribution in [0.25, 0.3) is 0 Å². The first kappa shape index (κ1) is 24.7. The predicted molar refractivity (Wildman–Crippen MR) is 100 cm³/mol. The van der Waals surface area contributed by atoms with Gasteiger partial charge < -0.3 is 14.2 Å². The first-order chi connectivity index (χ1) is 12.4. The van der Waals surface area contributed by atoms with Crippen molar-refractivity contribution in [1.29, 1.82) is 0 Å². The number of esters is 2. The fourth-order valence-electron chi connectivity index (χ4n) is 2.17. The fraction of sp³-hybridized carbons (Fsp3) is 0.600. The molecule has 0 radical (unpaired) electrons.